The van der Waals surface area contributed by atoms with Gasteiger partial charge in [-0.1, -0.05) is 35.9 Å². The van der Waals surface area contributed by atoms with E-state index in [0.29, 0.717) is 35.2 Å². The van der Waals surface area contributed by atoms with E-state index in [4.69, 9.17) is 21.7 Å². The van der Waals surface area contributed by atoms with E-state index in [-0.39, 0.29) is 25.0 Å². The summed E-state index contributed by atoms with van der Waals surface area (Å²) in [6.07, 6.45) is 4.75. The first kappa shape index (κ1) is 26.0. The van der Waals surface area contributed by atoms with Crippen molar-refractivity contribution in [2.24, 2.45) is 0 Å². The van der Waals surface area contributed by atoms with Crippen molar-refractivity contribution in [3.8, 4) is 0 Å². The van der Waals surface area contributed by atoms with Crippen LogP contribution in [0.15, 0.2) is 66.1 Å². The molecule has 1 aliphatic carbocycles. The van der Waals surface area contributed by atoms with Crippen molar-refractivity contribution in [1.29, 1.82) is 5.41 Å². The Morgan fingerprint density at radius 2 is 1.67 bits per heavy atom. The number of benzene rings is 2. The Bertz CT molecular complexity index is 1210. The number of carbonyl (C=O) groups is 1. The number of nitrogens with one attached hydrogen (secondary N) is 3. The Morgan fingerprint density at radius 1 is 1.00 bits per heavy atom. The quantitative estimate of drug-likeness (QED) is 0.256. The molecule has 1 saturated heterocycles. The minimum Gasteiger partial charge on any atom is -0.483 e. The summed E-state index contributed by atoms with van der Waals surface area (Å²) in [5.41, 5.74) is 1.34. The van der Waals surface area contributed by atoms with E-state index in [1.807, 2.05) is 11.0 Å². The van der Waals surface area contributed by atoms with Crippen molar-refractivity contribution in [2.75, 3.05) is 36.2 Å². The Balaban J connectivity index is 1.51. The van der Waals surface area contributed by atoms with Crippen LogP contribution >= 0.6 is 11.6 Å². The largest absolute Gasteiger partial charge is 0.483 e. The molecule has 0 unspecified atom stereocenters. The summed E-state index contributed by atoms with van der Waals surface area (Å²) in [6.45, 7) is 1.02. The van der Waals surface area contributed by atoms with Gasteiger partial charge in [-0.05, 0) is 56.0 Å². The maximum atomic E-state index is 13.3. The number of piperazine rings is 1. The van der Waals surface area contributed by atoms with E-state index in [9.17, 15) is 13.2 Å². The highest BCUT2D eigenvalue weighted by Gasteiger charge is 2.31. The summed E-state index contributed by atoms with van der Waals surface area (Å²) in [4.78, 5) is 15.1. The van der Waals surface area contributed by atoms with E-state index in [1.165, 1.54) is 4.31 Å². The fraction of sp³-hybridized carbons (Fsp3) is 0.360. The molecule has 1 heterocycles. The van der Waals surface area contributed by atoms with Crippen LogP contribution in [0, 0.1) is 5.41 Å². The molecule has 0 bridgehead atoms. The number of hydrogen-bond acceptors (Lipinski definition) is 6. The number of rotatable bonds is 9. The predicted octanol–water partition coefficient (Wildman–Crippen LogP) is 4.07. The van der Waals surface area contributed by atoms with Crippen molar-refractivity contribution in [3.05, 3.63) is 71.1 Å². The molecule has 2 fully saturated rings. The second kappa shape index (κ2) is 11.8. The van der Waals surface area contributed by atoms with Gasteiger partial charge in [0.15, 0.2) is 0 Å². The highest BCUT2D eigenvalue weighted by Crippen LogP contribution is 2.27. The molecule has 0 atom stereocenters. The van der Waals surface area contributed by atoms with Crippen molar-refractivity contribution in [1.82, 2.24) is 9.21 Å². The Morgan fingerprint density at radius 3 is 2.31 bits per heavy atom. The van der Waals surface area contributed by atoms with Gasteiger partial charge in [0.2, 0.25) is 5.76 Å². The van der Waals surface area contributed by atoms with Gasteiger partial charge in [0, 0.05) is 48.8 Å². The molecular weight excluding hydrogens is 502 g/mol. The van der Waals surface area contributed by atoms with E-state index >= 15 is 0 Å². The van der Waals surface area contributed by atoms with Crippen molar-refractivity contribution in [2.45, 2.75) is 31.8 Å². The highest BCUT2D eigenvalue weighted by atomic mass is 35.5. The number of para-hydroxylation sites is 1. The monoisotopic (exact) mass is 531 g/mol. The second-order valence-electron chi connectivity index (χ2n) is 8.71. The van der Waals surface area contributed by atoms with E-state index in [1.54, 1.807) is 48.5 Å². The minimum atomic E-state index is -3.73. The van der Waals surface area contributed by atoms with Crippen LogP contribution in [0.4, 0.5) is 11.4 Å². The topological polar surface area (TPSA) is 115 Å². The number of amides is 1. The molecule has 11 heteroatoms. The van der Waals surface area contributed by atoms with Crippen LogP contribution in [-0.4, -0.2) is 62.0 Å². The average Bonchev–Trinajstić information content (AvgIpc) is 3.38. The first-order valence-electron chi connectivity index (χ1n) is 11.9. The summed E-state index contributed by atoms with van der Waals surface area (Å²) in [6, 6.07) is 15.5. The van der Waals surface area contributed by atoms with Crippen LogP contribution in [0.2, 0.25) is 5.02 Å². The van der Waals surface area contributed by atoms with Gasteiger partial charge in [-0.2, -0.15) is 12.7 Å². The van der Waals surface area contributed by atoms with Crippen molar-refractivity contribution in [3.63, 3.8) is 0 Å². The summed E-state index contributed by atoms with van der Waals surface area (Å²) in [5, 5.41) is 11.4. The van der Waals surface area contributed by atoms with E-state index in [2.05, 4.69) is 10.0 Å². The molecule has 1 saturated carbocycles. The SMILES string of the molecule is N=C/C(=C(/OC1CCCC1)C(=O)Nc1cccc(Cl)c1)N1CCN(S(=O)(=O)Nc2ccccc2)CC1. The van der Waals surface area contributed by atoms with Gasteiger partial charge >= 0.3 is 10.2 Å². The molecule has 2 aliphatic rings. The van der Waals surface area contributed by atoms with E-state index in [0.717, 1.165) is 31.9 Å². The third kappa shape index (κ3) is 6.57. The van der Waals surface area contributed by atoms with Crippen molar-refractivity contribution < 1.29 is 17.9 Å². The van der Waals surface area contributed by atoms with Crippen LogP contribution in [0.1, 0.15) is 25.7 Å². The predicted molar refractivity (Wildman–Crippen MR) is 141 cm³/mol. The fourth-order valence-electron chi connectivity index (χ4n) is 4.35. The lowest BCUT2D eigenvalue weighted by Gasteiger charge is -2.36. The maximum absolute atomic E-state index is 13.3. The number of hydrogen-bond donors (Lipinski definition) is 3. The Labute approximate surface area is 216 Å². The zero-order valence-electron chi connectivity index (χ0n) is 19.8. The van der Waals surface area contributed by atoms with Crippen molar-refractivity contribution >= 4 is 45.3 Å². The maximum Gasteiger partial charge on any atom is 0.301 e. The van der Waals surface area contributed by atoms with E-state index < -0.39 is 16.1 Å². The van der Waals surface area contributed by atoms with Gasteiger partial charge in [0.1, 0.15) is 5.70 Å². The van der Waals surface area contributed by atoms with Crippen LogP contribution in [0.5, 0.6) is 0 Å². The number of allylic oxidation sites excluding steroid dienone is 1. The number of nitrogens with zero attached hydrogens (tertiary/aromatic N) is 2. The summed E-state index contributed by atoms with van der Waals surface area (Å²) in [5.74, 6) is -0.404. The van der Waals surface area contributed by atoms with Gasteiger partial charge in [0.25, 0.3) is 5.91 Å². The molecule has 2 aromatic rings. The molecule has 1 aliphatic heterocycles. The van der Waals surface area contributed by atoms with Gasteiger partial charge in [-0.3, -0.25) is 9.52 Å². The number of halogens is 1. The minimum absolute atomic E-state index is 0.0654. The lowest BCUT2D eigenvalue weighted by molar-refractivity contribution is -0.117. The average molecular weight is 532 g/mol. The molecule has 1 amide bonds. The number of ether oxygens (including phenoxy) is 1. The van der Waals surface area contributed by atoms with Crippen LogP contribution in [-0.2, 0) is 19.7 Å². The zero-order valence-corrected chi connectivity index (χ0v) is 21.4. The van der Waals surface area contributed by atoms with Crippen LogP contribution in [0.25, 0.3) is 0 Å². The molecule has 4 rings (SSSR count). The third-order valence-electron chi connectivity index (χ3n) is 6.18. The van der Waals surface area contributed by atoms with Gasteiger partial charge in [-0.25, -0.2) is 0 Å². The van der Waals surface area contributed by atoms with Gasteiger partial charge in [-0.15, -0.1) is 0 Å². The molecule has 192 valence electrons. The second-order valence-corrected chi connectivity index (χ2v) is 10.8. The molecule has 36 heavy (non-hydrogen) atoms. The molecule has 0 aromatic heterocycles. The molecule has 3 N–H and O–H groups in total. The smallest absolute Gasteiger partial charge is 0.301 e. The Hall–Kier alpha value is -3.08. The van der Waals surface area contributed by atoms with Crippen LogP contribution < -0.4 is 10.0 Å². The highest BCUT2D eigenvalue weighted by molar-refractivity contribution is 7.90. The third-order valence-corrected chi connectivity index (χ3v) is 7.96. The normalized spacial score (nSPS) is 17.9. The van der Waals surface area contributed by atoms with Crippen LogP contribution in [0.3, 0.4) is 0 Å². The Kier molecular flexibility index (Phi) is 8.50. The summed E-state index contributed by atoms with van der Waals surface area (Å²) in [7, 11) is -3.73. The molecule has 2 aromatic carbocycles. The lowest BCUT2D eigenvalue weighted by atomic mass is 10.2. The number of anilines is 2. The zero-order chi connectivity index (χ0) is 25.5. The molecule has 9 nitrogen and oxygen atoms in total. The molecular formula is C25H30ClN5O4S. The summed E-state index contributed by atoms with van der Waals surface area (Å²) < 4.78 is 35.8. The molecule has 0 spiro atoms. The first-order valence-corrected chi connectivity index (χ1v) is 13.7. The number of carbonyl (C=O) groups excluding carboxylic acids is 1. The summed E-state index contributed by atoms with van der Waals surface area (Å²) >= 11 is 6.06. The standard InChI is InChI=1S/C25H30ClN5O4S/c26-19-7-6-10-21(17-19)28-25(32)24(35-22-11-4-5-12-22)23(18-27)30-13-15-31(16-14-30)36(33,34)29-20-8-2-1-3-9-20/h1-3,6-10,17-18,22,27,29H,4-5,11-16H2,(H,28,32)/b24-23-,27-18?. The molecule has 0 radical (unpaired) electrons. The van der Waals surface area contributed by atoms with Gasteiger partial charge in [0.05, 0.1) is 6.10 Å². The fourth-order valence-corrected chi connectivity index (χ4v) is 5.74. The first-order chi connectivity index (χ1) is 17.4. The lowest BCUT2D eigenvalue weighted by Crippen LogP contribution is -2.50. The van der Waals surface area contributed by atoms with Gasteiger partial charge < -0.3 is 20.4 Å².